The summed E-state index contributed by atoms with van der Waals surface area (Å²) in [6.07, 6.45) is 1.15. The minimum Gasteiger partial charge on any atom is -0.384 e. The zero-order chi connectivity index (χ0) is 16.6. The van der Waals surface area contributed by atoms with Crippen LogP contribution in [0, 0.1) is 11.8 Å². The molecule has 2 atom stereocenters. The van der Waals surface area contributed by atoms with E-state index in [-0.39, 0.29) is 23.7 Å². The van der Waals surface area contributed by atoms with E-state index in [2.05, 4.69) is 18.7 Å². The molecule has 1 saturated heterocycles. The molecule has 0 aliphatic carbocycles. The van der Waals surface area contributed by atoms with Crippen LogP contribution in [0.1, 0.15) is 30.6 Å². The number of hydrogen-bond donors (Lipinski definition) is 1. The summed E-state index contributed by atoms with van der Waals surface area (Å²) in [6.45, 7) is 6.15. The number of hydrogen-bond acceptors (Lipinski definition) is 5. The SMILES string of the molecule is C[C@H]1C[C@H](C)CN(CC(=O)c2c(N)n(C)c(=O)n(C)c2=O)C1. The van der Waals surface area contributed by atoms with E-state index in [9.17, 15) is 14.4 Å². The largest absolute Gasteiger partial charge is 0.384 e. The minimum absolute atomic E-state index is 0.0591. The molecule has 0 unspecified atom stereocenters. The average molecular weight is 308 g/mol. The lowest BCUT2D eigenvalue weighted by atomic mass is 9.91. The van der Waals surface area contributed by atoms with Gasteiger partial charge in [0.05, 0.1) is 6.54 Å². The van der Waals surface area contributed by atoms with E-state index < -0.39 is 11.2 Å². The van der Waals surface area contributed by atoms with Gasteiger partial charge in [0.25, 0.3) is 5.56 Å². The molecule has 1 aliphatic heterocycles. The number of nitrogens with two attached hydrogens (primary N) is 1. The van der Waals surface area contributed by atoms with Gasteiger partial charge in [-0.2, -0.15) is 0 Å². The van der Waals surface area contributed by atoms with Gasteiger partial charge in [-0.25, -0.2) is 4.79 Å². The Kier molecular flexibility index (Phi) is 4.55. The van der Waals surface area contributed by atoms with E-state index in [1.807, 2.05) is 0 Å². The highest BCUT2D eigenvalue weighted by atomic mass is 16.2. The maximum Gasteiger partial charge on any atom is 0.332 e. The van der Waals surface area contributed by atoms with Crippen LogP contribution in [-0.2, 0) is 14.1 Å². The molecular formula is C15H24N4O3. The van der Waals surface area contributed by atoms with Crippen molar-refractivity contribution in [3.8, 4) is 0 Å². The van der Waals surface area contributed by atoms with E-state index in [1.54, 1.807) is 0 Å². The number of rotatable bonds is 3. The Hall–Kier alpha value is -1.89. The molecule has 1 aromatic rings. The molecule has 7 nitrogen and oxygen atoms in total. The lowest BCUT2D eigenvalue weighted by Crippen LogP contribution is -2.45. The molecule has 1 fully saturated rings. The first-order valence-electron chi connectivity index (χ1n) is 7.53. The fraction of sp³-hybridized carbons (Fsp3) is 0.667. The highest BCUT2D eigenvalue weighted by Gasteiger charge is 2.26. The molecule has 7 heteroatoms. The van der Waals surface area contributed by atoms with Gasteiger partial charge in [-0.1, -0.05) is 13.8 Å². The molecule has 0 saturated carbocycles. The standard InChI is InChI=1S/C15H24N4O3/c1-9-5-10(2)7-19(6-9)8-11(20)12-13(16)17(3)15(22)18(4)14(12)21/h9-10H,5-8,16H2,1-4H3/t9-,10-/m0/s1. The Labute approximate surface area is 129 Å². The predicted molar refractivity (Wildman–Crippen MR) is 85.1 cm³/mol. The van der Waals surface area contributed by atoms with E-state index in [0.29, 0.717) is 11.8 Å². The molecule has 1 aliphatic rings. The van der Waals surface area contributed by atoms with Crippen LogP contribution in [0.15, 0.2) is 9.59 Å². The van der Waals surface area contributed by atoms with E-state index in [4.69, 9.17) is 5.73 Å². The second-order valence-electron chi connectivity index (χ2n) is 6.53. The van der Waals surface area contributed by atoms with Crippen molar-refractivity contribution in [2.45, 2.75) is 20.3 Å². The Morgan fingerprint density at radius 2 is 1.68 bits per heavy atom. The second-order valence-corrected chi connectivity index (χ2v) is 6.53. The molecule has 1 aromatic heterocycles. The molecule has 122 valence electrons. The van der Waals surface area contributed by atoms with Crippen LogP contribution in [0.2, 0.25) is 0 Å². The normalized spacial score (nSPS) is 22.7. The molecule has 0 radical (unpaired) electrons. The van der Waals surface area contributed by atoms with Gasteiger partial charge >= 0.3 is 5.69 Å². The van der Waals surface area contributed by atoms with Gasteiger partial charge in [-0.3, -0.25) is 23.6 Å². The number of carbonyl (C=O) groups is 1. The van der Waals surface area contributed by atoms with Crippen LogP contribution in [-0.4, -0.2) is 39.5 Å². The smallest absolute Gasteiger partial charge is 0.332 e. The van der Waals surface area contributed by atoms with Gasteiger partial charge in [-0.05, 0) is 18.3 Å². The molecular weight excluding hydrogens is 284 g/mol. The maximum absolute atomic E-state index is 12.5. The summed E-state index contributed by atoms with van der Waals surface area (Å²) in [5.74, 6) is 0.667. The van der Waals surface area contributed by atoms with Crippen molar-refractivity contribution in [1.82, 2.24) is 14.0 Å². The Balaban J connectivity index is 2.31. The molecule has 0 bridgehead atoms. The topological polar surface area (TPSA) is 90.3 Å². The molecule has 2 rings (SSSR count). The molecule has 0 amide bonds. The third-order valence-electron chi connectivity index (χ3n) is 4.30. The monoisotopic (exact) mass is 308 g/mol. The Bertz CT molecular complexity index is 694. The van der Waals surface area contributed by atoms with Crippen molar-refractivity contribution in [3.05, 3.63) is 26.4 Å². The number of anilines is 1. The first-order valence-corrected chi connectivity index (χ1v) is 7.53. The summed E-state index contributed by atoms with van der Waals surface area (Å²) >= 11 is 0. The third kappa shape index (κ3) is 2.99. The summed E-state index contributed by atoms with van der Waals surface area (Å²) in [4.78, 5) is 38.6. The minimum atomic E-state index is -0.622. The van der Waals surface area contributed by atoms with Gasteiger partial charge in [-0.15, -0.1) is 0 Å². The van der Waals surface area contributed by atoms with Crippen molar-refractivity contribution in [2.24, 2.45) is 25.9 Å². The number of ketones is 1. The molecule has 2 heterocycles. The highest BCUT2D eigenvalue weighted by molar-refractivity contribution is 6.01. The van der Waals surface area contributed by atoms with Gasteiger partial charge in [0.1, 0.15) is 11.4 Å². The van der Waals surface area contributed by atoms with Crippen LogP contribution in [0.5, 0.6) is 0 Å². The number of nitrogen functional groups attached to an aromatic ring is 1. The number of likely N-dealkylation sites (tertiary alicyclic amines) is 1. The number of nitrogens with zero attached hydrogens (tertiary/aromatic N) is 3. The van der Waals surface area contributed by atoms with Crippen molar-refractivity contribution in [1.29, 1.82) is 0 Å². The number of piperidine rings is 1. The summed E-state index contributed by atoms with van der Waals surface area (Å²) in [6, 6.07) is 0. The van der Waals surface area contributed by atoms with Crippen molar-refractivity contribution in [3.63, 3.8) is 0 Å². The Morgan fingerprint density at radius 3 is 2.23 bits per heavy atom. The van der Waals surface area contributed by atoms with E-state index >= 15 is 0 Å². The lowest BCUT2D eigenvalue weighted by molar-refractivity contribution is 0.0847. The summed E-state index contributed by atoms with van der Waals surface area (Å²) < 4.78 is 2.06. The highest BCUT2D eigenvalue weighted by Crippen LogP contribution is 2.21. The summed E-state index contributed by atoms with van der Waals surface area (Å²) in [5, 5.41) is 0. The van der Waals surface area contributed by atoms with Gasteiger partial charge in [0.2, 0.25) is 0 Å². The van der Waals surface area contributed by atoms with Crippen LogP contribution in [0.3, 0.4) is 0 Å². The quantitative estimate of drug-likeness (QED) is 0.783. The first kappa shape index (κ1) is 16.5. The van der Waals surface area contributed by atoms with Gasteiger partial charge in [0.15, 0.2) is 5.78 Å². The van der Waals surface area contributed by atoms with E-state index in [0.717, 1.165) is 28.6 Å². The van der Waals surface area contributed by atoms with Crippen LogP contribution < -0.4 is 17.0 Å². The van der Waals surface area contributed by atoms with Crippen LogP contribution in [0.4, 0.5) is 5.82 Å². The van der Waals surface area contributed by atoms with E-state index in [1.165, 1.54) is 14.1 Å². The average Bonchev–Trinajstić information content (AvgIpc) is 2.42. The zero-order valence-corrected chi connectivity index (χ0v) is 13.6. The summed E-state index contributed by atoms with van der Waals surface area (Å²) in [7, 11) is 2.81. The number of Topliss-reactive ketones (excluding diaryl/α,β-unsaturated/α-hetero) is 1. The van der Waals surface area contributed by atoms with Crippen molar-refractivity contribution >= 4 is 11.6 Å². The van der Waals surface area contributed by atoms with Crippen LogP contribution in [0.25, 0.3) is 0 Å². The summed E-state index contributed by atoms with van der Waals surface area (Å²) in [5.41, 5.74) is 4.59. The van der Waals surface area contributed by atoms with Gasteiger partial charge < -0.3 is 5.73 Å². The molecule has 2 N–H and O–H groups in total. The number of carbonyl (C=O) groups excluding carboxylic acids is 1. The maximum atomic E-state index is 12.5. The first-order chi connectivity index (χ1) is 10.2. The number of aromatic nitrogens is 2. The van der Waals surface area contributed by atoms with Crippen LogP contribution >= 0.6 is 0 Å². The Morgan fingerprint density at radius 1 is 1.14 bits per heavy atom. The predicted octanol–water partition coefficient (Wildman–Crippen LogP) is -0.173. The third-order valence-corrected chi connectivity index (χ3v) is 4.30. The molecule has 0 spiro atoms. The molecule has 22 heavy (non-hydrogen) atoms. The second kappa shape index (κ2) is 6.08. The fourth-order valence-electron chi connectivity index (χ4n) is 3.33. The van der Waals surface area contributed by atoms with Gasteiger partial charge in [0, 0.05) is 27.2 Å². The fourth-order valence-corrected chi connectivity index (χ4v) is 3.33. The zero-order valence-electron chi connectivity index (χ0n) is 13.6. The lowest BCUT2D eigenvalue weighted by Gasteiger charge is -2.34. The molecule has 0 aromatic carbocycles. The van der Waals surface area contributed by atoms with Crippen molar-refractivity contribution < 1.29 is 4.79 Å². The van der Waals surface area contributed by atoms with Crippen molar-refractivity contribution in [2.75, 3.05) is 25.4 Å².